The molecule has 0 fully saturated rings. The minimum Gasteiger partial charge on any atom is -0.491 e. The van der Waals surface area contributed by atoms with Crippen molar-refractivity contribution in [3.8, 4) is 5.75 Å². The summed E-state index contributed by atoms with van der Waals surface area (Å²) in [6, 6.07) is 13.8. The fourth-order valence-electron chi connectivity index (χ4n) is 1.69. The molecule has 0 saturated heterocycles. The van der Waals surface area contributed by atoms with E-state index in [-0.39, 0.29) is 6.10 Å². The molecule has 4 heteroatoms. The van der Waals surface area contributed by atoms with Gasteiger partial charge in [-0.3, -0.25) is 0 Å². The van der Waals surface area contributed by atoms with Crippen molar-refractivity contribution >= 4 is 39.7 Å². The Kier molecular flexibility index (Phi) is 4.52. The largest absolute Gasteiger partial charge is 0.491 e. The smallest absolute Gasteiger partial charge is 0.119 e. The molecular weight excluding hydrogens is 351 g/mol. The molecule has 0 amide bonds. The molecule has 0 saturated carbocycles. The predicted octanol–water partition coefficient (Wildman–Crippen LogP) is 4.40. The second kappa shape index (κ2) is 6.14. The molecule has 2 aromatic rings. The zero-order chi connectivity index (χ0) is 13.8. The number of rotatable bonds is 4. The molecule has 2 rings (SSSR count). The van der Waals surface area contributed by atoms with Crippen molar-refractivity contribution in [2.24, 2.45) is 0 Å². The third-order valence-electron chi connectivity index (χ3n) is 2.52. The van der Waals surface area contributed by atoms with E-state index in [1.54, 1.807) is 0 Å². The molecule has 0 spiro atoms. The molecule has 100 valence electrons. The first-order valence-corrected chi connectivity index (χ1v) is 7.21. The van der Waals surface area contributed by atoms with Gasteiger partial charge in [-0.15, -0.1) is 0 Å². The third-order valence-corrected chi connectivity index (χ3v) is 3.19. The van der Waals surface area contributed by atoms with Gasteiger partial charge in [-0.1, -0.05) is 0 Å². The van der Waals surface area contributed by atoms with E-state index in [0.29, 0.717) is 0 Å². The molecule has 0 radical (unpaired) electrons. The highest BCUT2D eigenvalue weighted by Crippen LogP contribution is 2.26. The van der Waals surface area contributed by atoms with Crippen LogP contribution in [0.25, 0.3) is 0 Å². The number of anilines is 3. The molecular formula is C15H17IN2O. The van der Waals surface area contributed by atoms with E-state index in [2.05, 4.69) is 27.9 Å². The first-order chi connectivity index (χ1) is 9.04. The standard InChI is InChI=1S/C15H17IN2O/c1-10(2)19-13-6-4-12(5-7-13)18-15-8-3-11(16)9-14(15)17/h3-10,18H,17H2,1-2H3. The molecule has 0 aliphatic carbocycles. The highest BCUT2D eigenvalue weighted by atomic mass is 127. The zero-order valence-corrected chi connectivity index (χ0v) is 13.1. The fraction of sp³-hybridized carbons (Fsp3) is 0.200. The van der Waals surface area contributed by atoms with Crippen molar-refractivity contribution in [2.45, 2.75) is 20.0 Å². The average Bonchev–Trinajstić information content (AvgIpc) is 2.34. The van der Waals surface area contributed by atoms with Crippen molar-refractivity contribution in [1.82, 2.24) is 0 Å². The van der Waals surface area contributed by atoms with E-state index >= 15 is 0 Å². The van der Waals surface area contributed by atoms with Gasteiger partial charge in [-0.2, -0.15) is 0 Å². The topological polar surface area (TPSA) is 47.3 Å². The second-order valence-electron chi connectivity index (χ2n) is 4.55. The Hall–Kier alpha value is -1.43. The number of hydrogen-bond acceptors (Lipinski definition) is 3. The van der Waals surface area contributed by atoms with E-state index in [9.17, 15) is 0 Å². The highest BCUT2D eigenvalue weighted by Gasteiger charge is 2.02. The van der Waals surface area contributed by atoms with Crippen LogP contribution >= 0.6 is 22.6 Å². The van der Waals surface area contributed by atoms with Crippen LogP contribution < -0.4 is 15.8 Å². The summed E-state index contributed by atoms with van der Waals surface area (Å²) < 4.78 is 6.73. The predicted molar refractivity (Wildman–Crippen MR) is 89.1 cm³/mol. The Labute approximate surface area is 127 Å². The van der Waals surface area contributed by atoms with Crippen LogP contribution in [0.3, 0.4) is 0 Å². The van der Waals surface area contributed by atoms with Gasteiger partial charge in [0.05, 0.1) is 17.5 Å². The molecule has 0 unspecified atom stereocenters. The van der Waals surface area contributed by atoms with Crippen LogP contribution in [0.5, 0.6) is 5.75 Å². The van der Waals surface area contributed by atoms with Gasteiger partial charge >= 0.3 is 0 Å². The number of nitrogen functional groups attached to an aromatic ring is 1. The van der Waals surface area contributed by atoms with Gasteiger partial charge in [0.2, 0.25) is 0 Å². The van der Waals surface area contributed by atoms with Crippen LogP contribution in [0.1, 0.15) is 13.8 Å². The van der Waals surface area contributed by atoms with E-state index in [1.165, 1.54) is 0 Å². The Morgan fingerprint density at radius 2 is 1.79 bits per heavy atom. The molecule has 0 aromatic heterocycles. The van der Waals surface area contributed by atoms with Gasteiger partial charge < -0.3 is 15.8 Å². The SMILES string of the molecule is CC(C)Oc1ccc(Nc2ccc(I)cc2N)cc1. The molecule has 3 N–H and O–H groups in total. The molecule has 0 aliphatic rings. The van der Waals surface area contributed by atoms with Gasteiger partial charge in [0.15, 0.2) is 0 Å². The fourth-order valence-corrected chi connectivity index (χ4v) is 2.21. The first-order valence-electron chi connectivity index (χ1n) is 6.13. The summed E-state index contributed by atoms with van der Waals surface area (Å²) in [5, 5.41) is 3.30. The lowest BCUT2D eigenvalue weighted by Gasteiger charge is -2.12. The quantitative estimate of drug-likeness (QED) is 0.621. The summed E-state index contributed by atoms with van der Waals surface area (Å²) in [6.45, 7) is 4.02. The number of nitrogens with two attached hydrogens (primary N) is 1. The first kappa shape index (κ1) is 14.0. The zero-order valence-electron chi connectivity index (χ0n) is 11.0. The average molecular weight is 368 g/mol. The number of benzene rings is 2. The summed E-state index contributed by atoms with van der Waals surface area (Å²) in [7, 11) is 0. The van der Waals surface area contributed by atoms with Crippen LogP contribution in [0, 0.1) is 3.57 Å². The molecule has 0 heterocycles. The van der Waals surface area contributed by atoms with Crippen LogP contribution in [0.4, 0.5) is 17.1 Å². The van der Waals surface area contributed by atoms with Crippen LogP contribution in [0.15, 0.2) is 42.5 Å². The Balaban J connectivity index is 2.10. The Bertz CT molecular complexity index is 553. The maximum absolute atomic E-state index is 5.97. The van der Waals surface area contributed by atoms with E-state index in [1.807, 2.05) is 56.3 Å². The van der Waals surface area contributed by atoms with Gasteiger partial charge in [0.1, 0.15) is 5.75 Å². The summed E-state index contributed by atoms with van der Waals surface area (Å²) in [6.07, 6.45) is 0.186. The van der Waals surface area contributed by atoms with E-state index in [0.717, 1.165) is 26.4 Å². The Morgan fingerprint density at radius 1 is 1.11 bits per heavy atom. The van der Waals surface area contributed by atoms with Crippen molar-refractivity contribution in [3.63, 3.8) is 0 Å². The van der Waals surface area contributed by atoms with Gasteiger partial charge in [-0.05, 0) is 78.9 Å². The van der Waals surface area contributed by atoms with Gasteiger partial charge in [0.25, 0.3) is 0 Å². The van der Waals surface area contributed by atoms with Crippen molar-refractivity contribution < 1.29 is 4.74 Å². The summed E-state index contributed by atoms with van der Waals surface area (Å²) >= 11 is 2.24. The van der Waals surface area contributed by atoms with Gasteiger partial charge in [0, 0.05) is 9.26 Å². The lowest BCUT2D eigenvalue weighted by Crippen LogP contribution is -2.05. The Morgan fingerprint density at radius 3 is 2.37 bits per heavy atom. The van der Waals surface area contributed by atoms with Crippen LogP contribution in [0.2, 0.25) is 0 Å². The monoisotopic (exact) mass is 368 g/mol. The lowest BCUT2D eigenvalue weighted by molar-refractivity contribution is 0.242. The molecule has 19 heavy (non-hydrogen) atoms. The summed E-state index contributed by atoms with van der Waals surface area (Å²) in [5.41, 5.74) is 8.62. The number of hydrogen-bond donors (Lipinski definition) is 2. The maximum atomic E-state index is 5.97. The van der Waals surface area contributed by atoms with Crippen LogP contribution in [-0.2, 0) is 0 Å². The van der Waals surface area contributed by atoms with Crippen molar-refractivity contribution in [1.29, 1.82) is 0 Å². The minimum absolute atomic E-state index is 0.186. The molecule has 3 nitrogen and oxygen atoms in total. The summed E-state index contributed by atoms with van der Waals surface area (Å²) in [5.74, 6) is 0.871. The number of ether oxygens (including phenoxy) is 1. The number of nitrogens with one attached hydrogen (secondary N) is 1. The molecule has 0 aliphatic heterocycles. The molecule has 0 atom stereocenters. The van der Waals surface area contributed by atoms with E-state index in [4.69, 9.17) is 10.5 Å². The van der Waals surface area contributed by atoms with Crippen molar-refractivity contribution in [2.75, 3.05) is 11.1 Å². The third kappa shape index (κ3) is 4.02. The maximum Gasteiger partial charge on any atom is 0.119 e. The molecule has 0 bridgehead atoms. The van der Waals surface area contributed by atoms with E-state index < -0.39 is 0 Å². The summed E-state index contributed by atoms with van der Waals surface area (Å²) in [4.78, 5) is 0. The minimum atomic E-state index is 0.186. The van der Waals surface area contributed by atoms with Gasteiger partial charge in [-0.25, -0.2) is 0 Å². The van der Waals surface area contributed by atoms with Crippen molar-refractivity contribution in [3.05, 3.63) is 46.0 Å². The molecule has 2 aromatic carbocycles. The highest BCUT2D eigenvalue weighted by molar-refractivity contribution is 14.1. The second-order valence-corrected chi connectivity index (χ2v) is 5.79. The number of halogens is 1. The lowest BCUT2D eigenvalue weighted by atomic mass is 10.2. The van der Waals surface area contributed by atoms with Crippen LogP contribution in [-0.4, -0.2) is 6.10 Å². The normalized spacial score (nSPS) is 10.5.